The number of halogens is 1. The minimum absolute atomic E-state index is 0.434. The Morgan fingerprint density at radius 3 is 2.24 bits per heavy atom. The van der Waals surface area contributed by atoms with Crippen molar-refractivity contribution in [3.05, 3.63) is 34.3 Å². The van der Waals surface area contributed by atoms with Gasteiger partial charge in [0.25, 0.3) is 0 Å². The average Bonchev–Trinajstić information content (AvgIpc) is 2.49. The van der Waals surface area contributed by atoms with Crippen LogP contribution in [0.1, 0.15) is 81.9 Å². The number of benzene rings is 1. The molecule has 0 aliphatic carbocycles. The average molecular weight is 310 g/mol. The maximum atomic E-state index is 6.13. The molecule has 0 aromatic heterocycles. The van der Waals surface area contributed by atoms with Gasteiger partial charge in [0.2, 0.25) is 0 Å². The van der Waals surface area contributed by atoms with Crippen LogP contribution in [0, 0.1) is 6.92 Å². The van der Waals surface area contributed by atoms with Gasteiger partial charge in [-0.15, -0.1) is 0 Å². The van der Waals surface area contributed by atoms with Gasteiger partial charge in [-0.3, -0.25) is 0 Å². The Morgan fingerprint density at radius 2 is 1.62 bits per heavy atom. The Labute approximate surface area is 136 Å². The predicted molar refractivity (Wildman–Crippen MR) is 95.2 cm³/mol. The van der Waals surface area contributed by atoms with Crippen molar-refractivity contribution >= 4 is 11.6 Å². The Balaban J connectivity index is 2.27. The lowest BCUT2D eigenvalue weighted by Gasteiger charge is -2.19. The summed E-state index contributed by atoms with van der Waals surface area (Å²) < 4.78 is 0. The zero-order chi connectivity index (χ0) is 15.5. The van der Waals surface area contributed by atoms with E-state index in [0.717, 1.165) is 5.02 Å². The lowest BCUT2D eigenvalue weighted by molar-refractivity contribution is 0.493. The molecule has 0 aliphatic heterocycles. The molecule has 1 nitrogen and oxygen atoms in total. The Kier molecular flexibility index (Phi) is 9.78. The Morgan fingerprint density at radius 1 is 1.00 bits per heavy atom. The molecule has 0 radical (unpaired) electrons. The summed E-state index contributed by atoms with van der Waals surface area (Å²) in [6, 6.07) is 6.64. The van der Waals surface area contributed by atoms with Crippen molar-refractivity contribution in [2.75, 3.05) is 7.05 Å². The maximum Gasteiger partial charge on any atom is 0.0409 e. The van der Waals surface area contributed by atoms with Crippen molar-refractivity contribution in [1.82, 2.24) is 5.32 Å². The molecule has 0 heterocycles. The largest absolute Gasteiger partial charge is 0.313 e. The van der Waals surface area contributed by atoms with E-state index in [1.807, 2.05) is 6.07 Å². The monoisotopic (exact) mass is 309 g/mol. The van der Waals surface area contributed by atoms with Gasteiger partial charge >= 0.3 is 0 Å². The molecular weight excluding hydrogens is 278 g/mol. The van der Waals surface area contributed by atoms with Crippen molar-refractivity contribution in [3.8, 4) is 0 Å². The van der Waals surface area contributed by atoms with Gasteiger partial charge in [0.05, 0.1) is 0 Å². The number of hydrogen-bond acceptors (Lipinski definition) is 1. The minimum Gasteiger partial charge on any atom is -0.313 e. The molecule has 1 aromatic rings. The zero-order valence-corrected chi connectivity index (χ0v) is 14.8. The molecule has 0 aliphatic rings. The first-order chi connectivity index (χ1) is 10.2. The summed E-state index contributed by atoms with van der Waals surface area (Å²) in [5, 5.41) is 4.29. The second-order valence-electron chi connectivity index (χ2n) is 6.11. The second kappa shape index (κ2) is 11.1. The Hall–Kier alpha value is -0.530. The first-order valence-electron chi connectivity index (χ1n) is 8.62. The molecule has 120 valence electrons. The highest BCUT2D eigenvalue weighted by molar-refractivity contribution is 6.30. The summed E-state index contributed by atoms with van der Waals surface area (Å²) in [5.74, 6) is 0. The summed E-state index contributed by atoms with van der Waals surface area (Å²) in [4.78, 5) is 0. The fourth-order valence-corrected chi connectivity index (χ4v) is 3.10. The van der Waals surface area contributed by atoms with E-state index in [0.29, 0.717) is 6.04 Å². The topological polar surface area (TPSA) is 12.0 Å². The van der Waals surface area contributed by atoms with Crippen molar-refractivity contribution < 1.29 is 0 Å². The first-order valence-corrected chi connectivity index (χ1v) is 9.00. The summed E-state index contributed by atoms with van der Waals surface area (Å²) in [6.45, 7) is 4.44. The molecular formula is C19H32ClN. The predicted octanol–water partition coefficient (Wildman–Crippen LogP) is 6.44. The van der Waals surface area contributed by atoms with Gasteiger partial charge in [0, 0.05) is 11.1 Å². The van der Waals surface area contributed by atoms with Crippen LogP contribution >= 0.6 is 11.6 Å². The molecule has 21 heavy (non-hydrogen) atoms. The van der Waals surface area contributed by atoms with Gasteiger partial charge in [0.15, 0.2) is 0 Å². The number of aryl methyl sites for hydroxylation is 1. The molecule has 1 N–H and O–H groups in total. The number of rotatable bonds is 11. The van der Waals surface area contributed by atoms with Crippen molar-refractivity contribution in [3.63, 3.8) is 0 Å². The van der Waals surface area contributed by atoms with Crippen LogP contribution in [0.4, 0.5) is 0 Å². The lowest BCUT2D eigenvalue weighted by Crippen LogP contribution is -2.17. The van der Waals surface area contributed by atoms with Gasteiger partial charge in [0.1, 0.15) is 0 Å². The van der Waals surface area contributed by atoms with Crippen LogP contribution in [-0.4, -0.2) is 7.05 Å². The summed E-state index contributed by atoms with van der Waals surface area (Å²) >= 11 is 6.13. The quantitative estimate of drug-likeness (QED) is 0.464. The van der Waals surface area contributed by atoms with E-state index < -0.39 is 0 Å². The van der Waals surface area contributed by atoms with Crippen molar-refractivity contribution in [2.24, 2.45) is 0 Å². The molecule has 1 rings (SSSR count). The van der Waals surface area contributed by atoms with E-state index >= 15 is 0 Å². The van der Waals surface area contributed by atoms with E-state index in [1.54, 1.807) is 0 Å². The highest BCUT2D eigenvalue weighted by Crippen LogP contribution is 2.26. The van der Waals surface area contributed by atoms with Crippen molar-refractivity contribution in [2.45, 2.75) is 77.7 Å². The van der Waals surface area contributed by atoms with E-state index in [-0.39, 0.29) is 0 Å². The highest BCUT2D eigenvalue weighted by atomic mass is 35.5. The van der Waals surface area contributed by atoms with Gasteiger partial charge in [-0.2, -0.15) is 0 Å². The zero-order valence-electron chi connectivity index (χ0n) is 14.1. The van der Waals surface area contributed by atoms with Crippen LogP contribution in [0.5, 0.6) is 0 Å². The maximum absolute atomic E-state index is 6.13. The van der Waals surface area contributed by atoms with E-state index in [4.69, 9.17) is 11.6 Å². The molecule has 0 fully saturated rings. The fraction of sp³-hybridized carbons (Fsp3) is 0.684. The van der Waals surface area contributed by atoms with Crippen LogP contribution < -0.4 is 5.32 Å². The summed E-state index contributed by atoms with van der Waals surface area (Å²) in [7, 11) is 2.05. The molecule has 1 atom stereocenters. The second-order valence-corrected chi connectivity index (χ2v) is 6.54. The lowest BCUT2D eigenvalue weighted by atomic mass is 9.96. The number of nitrogens with one attached hydrogen (secondary N) is 1. The van der Waals surface area contributed by atoms with E-state index in [2.05, 4.69) is 38.3 Å². The van der Waals surface area contributed by atoms with E-state index in [9.17, 15) is 0 Å². The highest BCUT2D eigenvalue weighted by Gasteiger charge is 2.11. The van der Waals surface area contributed by atoms with E-state index in [1.165, 1.54) is 68.9 Å². The molecule has 0 saturated heterocycles. The van der Waals surface area contributed by atoms with Crippen molar-refractivity contribution in [1.29, 1.82) is 0 Å². The molecule has 1 unspecified atom stereocenters. The molecule has 0 saturated carbocycles. The molecule has 0 spiro atoms. The van der Waals surface area contributed by atoms with Crippen LogP contribution in [0.25, 0.3) is 0 Å². The minimum atomic E-state index is 0.434. The van der Waals surface area contributed by atoms with Crippen LogP contribution in [0.15, 0.2) is 18.2 Å². The van der Waals surface area contributed by atoms with Crippen LogP contribution in [0.3, 0.4) is 0 Å². The number of unbranched alkanes of at least 4 members (excludes halogenated alkanes) is 7. The smallest absolute Gasteiger partial charge is 0.0409 e. The summed E-state index contributed by atoms with van der Waals surface area (Å²) in [5.41, 5.74) is 2.69. The third-order valence-electron chi connectivity index (χ3n) is 4.31. The van der Waals surface area contributed by atoms with Crippen LogP contribution in [-0.2, 0) is 0 Å². The number of hydrogen-bond donors (Lipinski definition) is 1. The van der Waals surface area contributed by atoms with Gasteiger partial charge in [-0.05, 0) is 43.7 Å². The third kappa shape index (κ3) is 7.33. The van der Waals surface area contributed by atoms with Gasteiger partial charge in [-0.25, -0.2) is 0 Å². The first kappa shape index (κ1) is 18.5. The summed E-state index contributed by atoms with van der Waals surface area (Å²) in [6.07, 6.45) is 12.2. The third-order valence-corrected chi connectivity index (χ3v) is 4.55. The molecule has 1 aromatic carbocycles. The SMILES string of the molecule is CCCCCCCCCCC(NC)c1cc(Cl)ccc1C. The van der Waals surface area contributed by atoms with Gasteiger partial charge < -0.3 is 5.32 Å². The molecule has 0 bridgehead atoms. The normalized spacial score (nSPS) is 12.6. The molecule has 0 amide bonds. The molecule has 2 heteroatoms. The standard InChI is InChI=1S/C19H32ClN/c1-4-5-6-7-8-9-10-11-12-19(21-3)18-15-17(20)14-13-16(18)2/h13-15,19,21H,4-12H2,1-3H3. The van der Waals surface area contributed by atoms with Gasteiger partial charge in [-0.1, -0.05) is 76.0 Å². The van der Waals surface area contributed by atoms with Crippen LogP contribution in [0.2, 0.25) is 5.02 Å². The Bertz CT molecular complexity index is 389. The fourth-order valence-electron chi connectivity index (χ4n) is 2.92.